The van der Waals surface area contributed by atoms with Crippen LogP contribution in [-0.2, 0) is 4.74 Å². The van der Waals surface area contributed by atoms with E-state index in [1.165, 1.54) is 27.4 Å². The van der Waals surface area contributed by atoms with Gasteiger partial charge in [0.05, 0.1) is 32.5 Å². The molecule has 0 aromatic heterocycles. The molecular weight excluding hydrogens is 320 g/mol. The van der Waals surface area contributed by atoms with E-state index >= 15 is 0 Å². The minimum Gasteiger partial charge on any atom is -0.507 e. The Kier molecular flexibility index (Phi) is 4.48. The predicted molar refractivity (Wildman–Crippen MR) is 95.5 cm³/mol. The van der Waals surface area contributed by atoms with Crippen molar-refractivity contribution in [3.05, 3.63) is 54.1 Å². The summed E-state index contributed by atoms with van der Waals surface area (Å²) in [4.78, 5) is 12.3. The van der Waals surface area contributed by atoms with Crippen molar-refractivity contribution in [2.45, 2.75) is 0 Å². The third kappa shape index (κ3) is 2.85. The van der Waals surface area contributed by atoms with Gasteiger partial charge in [-0.2, -0.15) is 0 Å². The first-order valence-electron chi connectivity index (χ1n) is 7.66. The smallest absolute Gasteiger partial charge is 0.338 e. The van der Waals surface area contributed by atoms with Gasteiger partial charge >= 0.3 is 5.97 Å². The third-order valence-corrected chi connectivity index (χ3v) is 4.09. The van der Waals surface area contributed by atoms with Crippen molar-refractivity contribution in [1.82, 2.24) is 0 Å². The average molecular weight is 338 g/mol. The summed E-state index contributed by atoms with van der Waals surface area (Å²) in [5.74, 6) is 0.326. The Morgan fingerprint density at radius 2 is 1.68 bits per heavy atom. The van der Waals surface area contributed by atoms with E-state index in [-0.39, 0.29) is 5.75 Å². The highest BCUT2D eigenvalue weighted by Crippen LogP contribution is 2.45. The standard InChI is InChI=1S/C20H18O5/c1-23-13-10-16(21)19(17(11-13)24-2)18-14-7-5-4-6-12(14)8-9-15(18)20(22)25-3/h4-11,21H,1-3H3. The Hall–Kier alpha value is -3.21. The van der Waals surface area contributed by atoms with Gasteiger partial charge in [0.1, 0.15) is 17.2 Å². The van der Waals surface area contributed by atoms with E-state index in [1.807, 2.05) is 30.3 Å². The zero-order chi connectivity index (χ0) is 18.0. The van der Waals surface area contributed by atoms with Crippen molar-refractivity contribution in [2.75, 3.05) is 21.3 Å². The number of methoxy groups -OCH3 is 3. The number of esters is 1. The van der Waals surface area contributed by atoms with Gasteiger partial charge in [-0.3, -0.25) is 0 Å². The van der Waals surface area contributed by atoms with Gasteiger partial charge in [0.2, 0.25) is 0 Å². The fourth-order valence-corrected chi connectivity index (χ4v) is 2.93. The van der Waals surface area contributed by atoms with E-state index in [0.717, 1.165) is 10.8 Å². The van der Waals surface area contributed by atoms with Crippen LogP contribution in [0, 0.1) is 0 Å². The normalized spacial score (nSPS) is 10.5. The molecule has 0 spiro atoms. The van der Waals surface area contributed by atoms with Crippen LogP contribution in [0.5, 0.6) is 17.2 Å². The Bertz CT molecular complexity index is 946. The number of rotatable bonds is 4. The van der Waals surface area contributed by atoms with Crippen LogP contribution in [0.1, 0.15) is 10.4 Å². The molecular formula is C20H18O5. The molecule has 0 fully saturated rings. The highest BCUT2D eigenvalue weighted by Gasteiger charge is 2.23. The number of fused-ring (bicyclic) bond motifs is 1. The number of phenolic OH excluding ortho intramolecular Hbond substituents is 1. The van der Waals surface area contributed by atoms with Crippen molar-refractivity contribution < 1.29 is 24.1 Å². The number of aromatic hydroxyl groups is 1. The molecule has 1 N–H and O–H groups in total. The lowest BCUT2D eigenvalue weighted by Crippen LogP contribution is -2.05. The SMILES string of the molecule is COC(=O)c1ccc2ccccc2c1-c1c(O)cc(OC)cc1OC. The number of ether oxygens (including phenoxy) is 3. The number of phenols is 1. The maximum Gasteiger partial charge on any atom is 0.338 e. The first-order valence-corrected chi connectivity index (χ1v) is 7.66. The molecule has 25 heavy (non-hydrogen) atoms. The van der Waals surface area contributed by atoms with Gasteiger partial charge in [-0.05, 0) is 16.8 Å². The van der Waals surface area contributed by atoms with Gasteiger partial charge in [0.25, 0.3) is 0 Å². The molecule has 3 aromatic carbocycles. The molecule has 0 bridgehead atoms. The van der Waals surface area contributed by atoms with Gasteiger partial charge in [0, 0.05) is 17.7 Å². The van der Waals surface area contributed by atoms with Crippen molar-refractivity contribution in [3.63, 3.8) is 0 Å². The first kappa shape index (κ1) is 16.6. The molecule has 0 saturated carbocycles. The average Bonchev–Trinajstić information content (AvgIpc) is 2.66. The molecule has 3 rings (SSSR count). The molecule has 0 aliphatic rings. The molecule has 0 saturated heterocycles. The third-order valence-electron chi connectivity index (χ3n) is 4.09. The molecule has 128 valence electrons. The maximum absolute atomic E-state index is 12.3. The van der Waals surface area contributed by atoms with Gasteiger partial charge < -0.3 is 19.3 Å². The summed E-state index contributed by atoms with van der Waals surface area (Å²) >= 11 is 0. The molecule has 3 aromatic rings. The monoisotopic (exact) mass is 338 g/mol. The second-order valence-electron chi connectivity index (χ2n) is 5.42. The fourth-order valence-electron chi connectivity index (χ4n) is 2.93. The minimum absolute atomic E-state index is 0.0438. The fraction of sp³-hybridized carbons (Fsp3) is 0.150. The Morgan fingerprint density at radius 1 is 0.920 bits per heavy atom. The number of carbonyl (C=O) groups excluding carboxylic acids is 1. The van der Waals surface area contributed by atoms with Crippen LogP contribution in [0.3, 0.4) is 0 Å². The Labute approximate surface area is 145 Å². The summed E-state index contributed by atoms with van der Waals surface area (Å²) in [7, 11) is 4.33. The lowest BCUT2D eigenvalue weighted by atomic mass is 9.92. The Morgan fingerprint density at radius 3 is 2.36 bits per heavy atom. The largest absolute Gasteiger partial charge is 0.507 e. The van der Waals surface area contributed by atoms with E-state index in [9.17, 15) is 9.90 Å². The first-order chi connectivity index (χ1) is 12.1. The molecule has 0 aliphatic carbocycles. The second-order valence-corrected chi connectivity index (χ2v) is 5.42. The number of benzene rings is 3. The van der Waals surface area contributed by atoms with E-state index < -0.39 is 5.97 Å². The summed E-state index contributed by atoms with van der Waals surface area (Å²) in [6.45, 7) is 0. The van der Waals surface area contributed by atoms with Crippen LogP contribution >= 0.6 is 0 Å². The van der Waals surface area contributed by atoms with E-state index in [0.29, 0.717) is 28.2 Å². The summed E-state index contributed by atoms with van der Waals surface area (Å²) in [6.07, 6.45) is 0. The zero-order valence-corrected chi connectivity index (χ0v) is 14.2. The van der Waals surface area contributed by atoms with Crippen molar-refractivity contribution in [3.8, 4) is 28.4 Å². The zero-order valence-electron chi connectivity index (χ0n) is 14.2. The predicted octanol–water partition coefficient (Wildman–Crippen LogP) is 4.02. The summed E-state index contributed by atoms with van der Waals surface area (Å²) in [5.41, 5.74) is 1.32. The topological polar surface area (TPSA) is 65.0 Å². The molecule has 0 atom stereocenters. The van der Waals surface area contributed by atoms with Crippen LogP contribution in [0.2, 0.25) is 0 Å². The molecule has 0 radical (unpaired) electrons. The van der Waals surface area contributed by atoms with E-state index in [2.05, 4.69) is 0 Å². The highest BCUT2D eigenvalue weighted by molar-refractivity contribution is 6.10. The molecule has 0 heterocycles. The number of hydrogen-bond acceptors (Lipinski definition) is 5. The van der Waals surface area contributed by atoms with Crippen LogP contribution in [-0.4, -0.2) is 32.4 Å². The second kappa shape index (κ2) is 6.73. The van der Waals surface area contributed by atoms with Gasteiger partial charge in [-0.1, -0.05) is 30.3 Å². The minimum atomic E-state index is -0.488. The summed E-state index contributed by atoms with van der Waals surface area (Å²) in [5, 5.41) is 12.4. The van der Waals surface area contributed by atoms with Gasteiger partial charge in [-0.25, -0.2) is 4.79 Å². The number of hydrogen-bond donors (Lipinski definition) is 1. The van der Waals surface area contributed by atoms with E-state index in [1.54, 1.807) is 12.1 Å². The van der Waals surface area contributed by atoms with Crippen LogP contribution in [0.15, 0.2) is 48.5 Å². The molecule has 0 aliphatic heterocycles. The van der Waals surface area contributed by atoms with Crippen LogP contribution in [0.4, 0.5) is 0 Å². The molecule has 0 unspecified atom stereocenters. The number of carbonyl (C=O) groups is 1. The van der Waals surface area contributed by atoms with Gasteiger partial charge in [0.15, 0.2) is 0 Å². The molecule has 5 heteroatoms. The van der Waals surface area contributed by atoms with Crippen LogP contribution in [0.25, 0.3) is 21.9 Å². The molecule has 0 amide bonds. The van der Waals surface area contributed by atoms with Gasteiger partial charge in [-0.15, -0.1) is 0 Å². The highest BCUT2D eigenvalue weighted by atomic mass is 16.5. The van der Waals surface area contributed by atoms with Crippen molar-refractivity contribution in [1.29, 1.82) is 0 Å². The van der Waals surface area contributed by atoms with Crippen LogP contribution < -0.4 is 9.47 Å². The summed E-state index contributed by atoms with van der Waals surface area (Å²) in [6, 6.07) is 14.3. The van der Waals surface area contributed by atoms with Crippen molar-refractivity contribution in [2.24, 2.45) is 0 Å². The lowest BCUT2D eigenvalue weighted by molar-refractivity contribution is 0.0602. The Balaban J connectivity index is 2.44. The molecule has 5 nitrogen and oxygen atoms in total. The maximum atomic E-state index is 12.3. The van der Waals surface area contributed by atoms with E-state index in [4.69, 9.17) is 14.2 Å². The lowest BCUT2D eigenvalue weighted by Gasteiger charge is -2.17. The van der Waals surface area contributed by atoms with Crippen molar-refractivity contribution >= 4 is 16.7 Å². The quantitative estimate of drug-likeness (QED) is 0.728. The summed E-state index contributed by atoms with van der Waals surface area (Å²) < 4.78 is 15.6.